The highest BCUT2D eigenvalue weighted by Crippen LogP contribution is 2.10. The fourth-order valence-electron chi connectivity index (χ4n) is 1.36. The lowest BCUT2D eigenvalue weighted by Gasteiger charge is -2.17. The highest BCUT2D eigenvalue weighted by Gasteiger charge is 2.13. The van der Waals surface area contributed by atoms with Crippen molar-refractivity contribution >= 4 is 17.5 Å². The van der Waals surface area contributed by atoms with Crippen molar-refractivity contribution in [3.05, 3.63) is 29.0 Å². The van der Waals surface area contributed by atoms with Gasteiger partial charge in [0, 0.05) is 19.4 Å². The Kier molecular flexibility index (Phi) is 6.64. The molecule has 0 saturated carbocycles. The molecule has 1 N–H and O–H groups in total. The van der Waals surface area contributed by atoms with Gasteiger partial charge in [-0.25, -0.2) is 4.98 Å². The van der Waals surface area contributed by atoms with E-state index < -0.39 is 6.29 Å². The van der Waals surface area contributed by atoms with Gasteiger partial charge in [-0.15, -0.1) is 0 Å². The van der Waals surface area contributed by atoms with Crippen LogP contribution in [0.15, 0.2) is 18.3 Å². The summed E-state index contributed by atoms with van der Waals surface area (Å²) in [6, 6.07) is 3.27. The number of nitrogens with one attached hydrogen (secondary N) is 1. The summed E-state index contributed by atoms with van der Waals surface area (Å²) in [7, 11) is 0. The van der Waals surface area contributed by atoms with Crippen LogP contribution in [-0.2, 0) is 9.47 Å². The van der Waals surface area contributed by atoms with Crippen molar-refractivity contribution in [2.75, 3.05) is 19.8 Å². The second kappa shape index (κ2) is 8.02. The average molecular weight is 273 g/mol. The Bertz CT molecular complexity index is 381. The standard InChI is InChI=1S/C12H17ClN2O3/c1-3-17-10(18-4-2)8-15-12(16)9-6-5-7-14-11(9)13/h5-7,10H,3-4,8H2,1-2H3,(H,15,16). The highest BCUT2D eigenvalue weighted by atomic mass is 35.5. The summed E-state index contributed by atoms with van der Waals surface area (Å²) in [5.74, 6) is -0.294. The number of carbonyl (C=O) groups is 1. The largest absolute Gasteiger partial charge is 0.351 e. The molecule has 5 nitrogen and oxygen atoms in total. The number of rotatable bonds is 7. The zero-order chi connectivity index (χ0) is 13.4. The Morgan fingerprint density at radius 2 is 2.11 bits per heavy atom. The number of aromatic nitrogens is 1. The Labute approximate surface area is 111 Å². The van der Waals surface area contributed by atoms with Gasteiger partial charge in [0.1, 0.15) is 5.15 Å². The number of pyridine rings is 1. The maximum Gasteiger partial charge on any atom is 0.254 e. The van der Waals surface area contributed by atoms with Crippen LogP contribution in [0.25, 0.3) is 0 Å². The fraction of sp³-hybridized carbons (Fsp3) is 0.500. The zero-order valence-electron chi connectivity index (χ0n) is 10.5. The molecule has 0 aliphatic carbocycles. The molecule has 1 rings (SSSR count). The molecule has 1 aromatic rings. The summed E-state index contributed by atoms with van der Waals surface area (Å²) >= 11 is 5.82. The summed E-state index contributed by atoms with van der Waals surface area (Å²) in [6.07, 6.45) is 1.09. The maximum absolute atomic E-state index is 11.8. The summed E-state index contributed by atoms with van der Waals surface area (Å²) < 4.78 is 10.6. The number of halogens is 1. The molecule has 0 atom stereocenters. The quantitative estimate of drug-likeness (QED) is 0.608. The van der Waals surface area contributed by atoms with Gasteiger partial charge in [-0.3, -0.25) is 4.79 Å². The molecule has 0 radical (unpaired) electrons. The first kappa shape index (κ1) is 14.9. The van der Waals surface area contributed by atoms with Crippen LogP contribution in [0.2, 0.25) is 5.15 Å². The molecule has 0 fully saturated rings. The average Bonchev–Trinajstić information content (AvgIpc) is 2.36. The van der Waals surface area contributed by atoms with E-state index in [1.807, 2.05) is 13.8 Å². The van der Waals surface area contributed by atoms with Crippen LogP contribution in [0.1, 0.15) is 24.2 Å². The van der Waals surface area contributed by atoms with E-state index >= 15 is 0 Å². The first-order chi connectivity index (χ1) is 8.69. The predicted octanol–water partition coefficient (Wildman–Crippen LogP) is 1.86. The van der Waals surface area contributed by atoms with Gasteiger partial charge in [0.2, 0.25) is 0 Å². The maximum atomic E-state index is 11.8. The summed E-state index contributed by atoms with van der Waals surface area (Å²) in [6.45, 7) is 5.05. The molecule has 0 aliphatic rings. The van der Waals surface area contributed by atoms with Crippen molar-refractivity contribution < 1.29 is 14.3 Å². The van der Waals surface area contributed by atoms with Crippen LogP contribution < -0.4 is 5.32 Å². The van der Waals surface area contributed by atoms with Gasteiger partial charge in [-0.05, 0) is 26.0 Å². The van der Waals surface area contributed by atoms with E-state index in [1.165, 1.54) is 6.20 Å². The van der Waals surface area contributed by atoms with Crippen LogP contribution >= 0.6 is 11.6 Å². The fourth-order valence-corrected chi connectivity index (χ4v) is 1.57. The van der Waals surface area contributed by atoms with Gasteiger partial charge in [-0.2, -0.15) is 0 Å². The third-order valence-corrected chi connectivity index (χ3v) is 2.44. The number of amides is 1. The van der Waals surface area contributed by atoms with E-state index in [0.29, 0.717) is 18.8 Å². The smallest absolute Gasteiger partial charge is 0.254 e. The molecule has 0 bridgehead atoms. The van der Waals surface area contributed by atoms with E-state index in [1.54, 1.807) is 12.1 Å². The molecule has 0 aliphatic heterocycles. The van der Waals surface area contributed by atoms with Gasteiger partial charge in [0.25, 0.3) is 5.91 Å². The lowest BCUT2D eigenvalue weighted by Crippen LogP contribution is -2.35. The van der Waals surface area contributed by atoms with E-state index in [4.69, 9.17) is 21.1 Å². The van der Waals surface area contributed by atoms with E-state index in [0.717, 1.165) is 0 Å². The minimum absolute atomic E-state index is 0.180. The van der Waals surface area contributed by atoms with E-state index in [9.17, 15) is 4.79 Å². The molecule has 1 aromatic heterocycles. The zero-order valence-corrected chi connectivity index (χ0v) is 11.2. The lowest BCUT2D eigenvalue weighted by atomic mass is 10.2. The van der Waals surface area contributed by atoms with Gasteiger partial charge < -0.3 is 14.8 Å². The molecule has 1 heterocycles. The van der Waals surface area contributed by atoms with Gasteiger partial charge in [0.15, 0.2) is 6.29 Å². The van der Waals surface area contributed by atoms with Crippen LogP contribution in [-0.4, -0.2) is 36.9 Å². The minimum Gasteiger partial charge on any atom is -0.351 e. The molecule has 0 unspecified atom stereocenters. The third-order valence-electron chi connectivity index (χ3n) is 2.14. The highest BCUT2D eigenvalue weighted by molar-refractivity contribution is 6.32. The predicted molar refractivity (Wildman–Crippen MR) is 68.6 cm³/mol. The lowest BCUT2D eigenvalue weighted by molar-refractivity contribution is -0.131. The summed E-state index contributed by atoms with van der Waals surface area (Å²) in [5.41, 5.74) is 0.339. The molecular weight excluding hydrogens is 256 g/mol. The molecule has 0 saturated heterocycles. The first-order valence-electron chi connectivity index (χ1n) is 5.81. The Morgan fingerprint density at radius 3 is 2.67 bits per heavy atom. The molecule has 0 aromatic carbocycles. The molecular formula is C12H17ClN2O3. The first-order valence-corrected chi connectivity index (χ1v) is 6.18. The molecule has 0 spiro atoms. The topological polar surface area (TPSA) is 60.5 Å². The Balaban J connectivity index is 2.52. The van der Waals surface area contributed by atoms with Gasteiger partial charge >= 0.3 is 0 Å². The second-order valence-corrected chi connectivity index (χ2v) is 3.75. The normalized spacial score (nSPS) is 10.7. The van der Waals surface area contributed by atoms with Crippen molar-refractivity contribution in [1.82, 2.24) is 10.3 Å². The summed E-state index contributed by atoms with van der Waals surface area (Å²) in [4.78, 5) is 15.7. The SMILES string of the molecule is CCOC(CNC(=O)c1cccnc1Cl)OCC. The number of nitrogens with zero attached hydrogens (tertiary/aromatic N) is 1. The number of hydrogen-bond acceptors (Lipinski definition) is 4. The van der Waals surface area contributed by atoms with Crippen molar-refractivity contribution in [3.8, 4) is 0 Å². The van der Waals surface area contributed by atoms with Crippen molar-refractivity contribution in [2.45, 2.75) is 20.1 Å². The monoisotopic (exact) mass is 272 g/mol. The molecule has 6 heteroatoms. The van der Waals surface area contributed by atoms with Crippen LogP contribution in [0, 0.1) is 0 Å². The van der Waals surface area contributed by atoms with Crippen LogP contribution in [0.4, 0.5) is 0 Å². The van der Waals surface area contributed by atoms with Gasteiger partial charge in [0.05, 0.1) is 12.1 Å². The number of ether oxygens (including phenoxy) is 2. The molecule has 1 amide bonds. The van der Waals surface area contributed by atoms with E-state index in [-0.39, 0.29) is 17.6 Å². The second-order valence-electron chi connectivity index (χ2n) is 3.39. The molecule has 100 valence electrons. The van der Waals surface area contributed by atoms with Crippen molar-refractivity contribution in [3.63, 3.8) is 0 Å². The minimum atomic E-state index is -0.445. The number of hydrogen-bond donors (Lipinski definition) is 1. The molecule has 18 heavy (non-hydrogen) atoms. The van der Waals surface area contributed by atoms with Gasteiger partial charge in [-0.1, -0.05) is 11.6 Å². The van der Waals surface area contributed by atoms with E-state index in [2.05, 4.69) is 10.3 Å². The summed E-state index contributed by atoms with van der Waals surface area (Å²) in [5, 5.41) is 2.88. The third kappa shape index (κ3) is 4.60. The van der Waals surface area contributed by atoms with Crippen molar-refractivity contribution in [1.29, 1.82) is 0 Å². The van der Waals surface area contributed by atoms with Crippen LogP contribution in [0.3, 0.4) is 0 Å². The van der Waals surface area contributed by atoms with Crippen LogP contribution in [0.5, 0.6) is 0 Å². The number of carbonyl (C=O) groups excluding carboxylic acids is 1. The Hall–Kier alpha value is -1.17. The Morgan fingerprint density at radius 1 is 1.44 bits per heavy atom. The van der Waals surface area contributed by atoms with Crippen molar-refractivity contribution in [2.24, 2.45) is 0 Å².